The fourth-order valence-corrected chi connectivity index (χ4v) is 2.90. The Kier molecular flexibility index (Phi) is 5.72. The molecule has 0 aromatic carbocycles. The van der Waals surface area contributed by atoms with Crippen molar-refractivity contribution in [3.8, 4) is 0 Å². The van der Waals surface area contributed by atoms with Crippen LogP contribution in [0, 0.1) is 0 Å². The van der Waals surface area contributed by atoms with Crippen LogP contribution in [0.4, 0.5) is 0 Å². The summed E-state index contributed by atoms with van der Waals surface area (Å²) in [6.07, 6.45) is 1.56. The molecule has 5 nitrogen and oxygen atoms in total. The van der Waals surface area contributed by atoms with Gasteiger partial charge in [-0.25, -0.2) is 4.98 Å². The fraction of sp³-hybridized carbons (Fsp3) is 0.667. The van der Waals surface area contributed by atoms with Crippen LogP contribution in [0.25, 0.3) is 0 Å². The molecule has 0 saturated carbocycles. The van der Waals surface area contributed by atoms with Crippen molar-refractivity contribution in [1.82, 2.24) is 14.7 Å². The second-order valence-corrected chi connectivity index (χ2v) is 5.30. The SMILES string of the molecule is CCc1nsc(SCCC(NC)C(N)=O)n1. The van der Waals surface area contributed by atoms with Gasteiger partial charge in [-0.05, 0) is 25.0 Å². The number of aromatic nitrogens is 2. The second-order valence-electron chi connectivity index (χ2n) is 3.21. The first-order valence-corrected chi connectivity index (χ1v) is 6.85. The van der Waals surface area contributed by atoms with Gasteiger partial charge in [-0.3, -0.25) is 4.79 Å². The van der Waals surface area contributed by atoms with Crippen molar-refractivity contribution >= 4 is 29.2 Å². The van der Waals surface area contributed by atoms with Gasteiger partial charge < -0.3 is 11.1 Å². The summed E-state index contributed by atoms with van der Waals surface area (Å²) in [5.41, 5.74) is 5.22. The lowest BCUT2D eigenvalue weighted by Crippen LogP contribution is -2.39. The standard InChI is InChI=1S/C9H16N4OS2/c1-3-7-12-9(16-13-7)15-5-4-6(11-2)8(10)14/h6,11H,3-5H2,1-2H3,(H2,10,14). The third-order valence-electron chi connectivity index (χ3n) is 2.09. The average Bonchev–Trinajstić information content (AvgIpc) is 2.71. The predicted molar refractivity (Wildman–Crippen MR) is 66.7 cm³/mol. The third kappa shape index (κ3) is 4.07. The van der Waals surface area contributed by atoms with Gasteiger partial charge in [0, 0.05) is 12.2 Å². The monoisotopic (exact) mass is 260 g/mol. The molecule has 1 unspecified atom stereocenters. The van der Waals surface area contributed by atoms with Crippen LogP contribution in [0.1, 0.15) is 19.2 Å². The van der Waals surface area contributed by atoms with Gasteiger partial charge >= 0.3 is 0 Å². The lowest BCUT2D eigenvalue weighted by Gasteiger charge is -2.10. The maximum atomic E-state index is 10.9. The summed E-state index contributed by atoms with van der Waals surface area (Å²) in [5, 5.41) is 2.88. The summed E-state index contributed by atoms with van der Waals surface area (Å²) in [4.78, 5) is 15.3. The fourth-order valence-electron chi connectivity index (χ4n) is 1.13. The van der Waals surface area contributed by atoms with Gasteiger partial charge in [0.1, 0.15) is 5.82 Å². The van der Waals surface area contributed by atoms with Crippen molar-refractivity contribution in [2.75, 3.05) is 12.8 Å². The maximum absolute atomic E-state index is 10.9. The number of carbonyl (C=O) groups excluding carboxylic acids is 1. The molecule has 1 atom stereocenters. The summed E-state index contributed by atoms with van der Waals surface area (Å²) >= 11 is 3.02. The summed E-state index contributed by atoms with van der Waals surface area (Å²) in [5.74, 6) is 1.38. The Hall–Kier alpha value is -0.660. The minimum absolute atomic E-state index is 0.258. The van der Waals surface area contributed by atoms with E-state index in [-0.39, 0.29) is 11.9 Å². The zero-order valence-electron chi connectivity index (χ0n) is 9.40. The van der Waals surface area contributed by atoms with Crippen LogP contribution >= 0.6 is 23.3 Å². The number of thioether (sulfide) groups is 1. The number of hydrogen-bond donors (Lipinski definition) is 2. The van der Waals surface area contributed by atoms with Crippen LogP contribution in [0.15, 0.2) is 4.34 Å². The van der Waals surface area contributed by atoms with Gasteiger partial charge in [-0.1, -0.05) is 18.7 Å². The van der Waals surface area contributed by atoms with Crippen molar-refractivity contribution in [2.45, 2.75) is 30.1 Å². The molecule has 1 aromatic rings. The molecule has 7 heteroatoms. The van der Waals surface area contributed by atoms with E-state index in [9.17, 15) is 4.79 Å². The van der Waals surface area contributed by atoms with Gasteiger partial charge in [0.15, 0.2) is 4.34 Å². The topological polar surface area (TPSA) is 80.9 Å². The molecular formula is C9H16N4OS2. The first-order chi connectivity index (χ1) is 7.67. The van der Waals surface area contributed by atoms with Crippen molar-refractivity contribution in [3.05, 3.63) is 5.82 Å². The summed E-state index contributed by atoms with van der Waals surface area (Å²) in [6, 6.07) is -0.258. The van der Waals surface area contributed by atoms with Crippen molar-refractivity contribution in [2.24, 2.45) is 5.73 Å². The Balaban J connectivity index is 2.32. The van der Waals surface area contributed by atoms with E-state index in [2.05, 4.69) is 14.7 Å². The maximum Gasteiger partial charge on any atom is 0.234 e. The van der Waals surface area contributed by atoms with Crippen LogP contribution in [0.3, 0.4) is 0 Å². The Morgan fingerprint density at radius 3 is 2.94 bits per heavy atom. The molecule has 3 N–H and O–H groups in total. The lowest BCUT2D eigenvalue weighted by atomic mass is 10.2. The first-order valence-electron chi connectivity index (χ1n) is 5.09. The van der Waals surface area contributed by atoms with E-state index in [1.807, 2.05) is 6.92 Å². The molecule has 0 bridgehead atoms. The number of likely N-dealkylation sites (N-methyl/N-ethyl adjacent to an activating group) is 1. The molecule has 16 heavy (non-hydrogen) atoms. The Morgan fingerprint density at radius 1 is 1.69 bits per heavy atom. The number of primary amides is 1. The third-order valence-corrected chi connectivity index (χ3v) is 3.99. The molecule has 0 aliphatic rings. The number of nitrogens with zero attached hydrogens (tertiary/aromatic N) is 2. The number of amides is 1. The van der Waals surface area contributed by atoms with Gasteiger partial charge in [-0.2, -0.15) is 4.37 Å². The number of hydrogen-bond acceptors (Lipinski definition) is 6. The Morgan fingerprint density at radius 2 is 2.44 bits per heavy atom. The minimum atomic E-state index is -0.311. The average molecular weight is 260 g/mol. The highest BCUT2D eigenvalue weighted by Gasteiger charge is 2.12. The smallest absolute Gasteiger partial charge is 0.234 e. The molecule has 0 saturated heterocycles. The van der Waals surface area contributed by atoms with E-state index in [0.717, 1.165) is 22.3 Å². The van der Waals surface area contributed by atoms with Crippen LogP contribution in [0.2, 0.25) is 0 Å². The van der Waals surface area contributed by atoms with E-state index < -0.39 is 0 Å². The van der Waals surface area contributed by atoms with Crippen molar-refractivity contribution < 1.29 is 4.79 Å². The quantitative estimate of drug-likeness (QED) is 0.704. The lowest BCUT2D eigenvalue weighted by molar-refractivity contribution is -0.119. The molecule has 0 spiro atoms. The van der Waals surface area contributed by atoms with Crippen LogP contribution in [-0.2, 0) is 11.2 Å². The van der Waals surface area contributed by atoms with E-state index in [0.29, 0.717) is 6.42 Å². The van der Waals surface area contributed by atoms with Crippen LogP contribution < -0.4 is 11.1 Å². The molecule has 0 fully saturated rings. The van der Waals surface area contributed by atoms with E-state index >= 15 is 0 Å². The number of nitrogens with one attached hydrogen (secondary N) is 1. The highest BCUT2D eigenvalue weighted by molar-refractivity contribution is 8.00. The molecular weight excluding hydrogens is 244 g/mol. The Labute approximate surface area is 103 Å². The molecule has 1 heterocycles. The number of rotatable bonds is 7. The second kappa shape index (κ2) is 6.82. The highest BCUT2D eigenvalue weighted by atomic mass is 32.2. The van der Waals surface area contributed by atoms with Gasteiger partial charge in [0.05, 0.1) is 6.04 Å². The van der Waals surface area contributed by atoms with Gasteiger partial charge in [0.2, 0.25) is 5.91 Å². The largest absolute Gasteiger partial charge is 0.368 e. The normalized spacial score (nSPS) is 12.6. The molecule has 1 aromatic heterocycles. The van der Waals surface area contributed by atoms with Gasteiger partial charge in [0.25, 0.3) is 0 Å². The number of carbonyl (C=O) groups is 1. The predicted octanol–water partition coefficient (Wildman–Crippen LogP) is 0.656. The van der Waals surface area contributed by atoms with Crippen molar-refractivity contribution in [3.63, 3.8) is 0 Å². The molecule has 0 aliphatic carbocycles. The molecule has 0 aliphatic heterocycles. The minimum Gasteiger partial charge on any atom is -0.368 e. The molecule has 0 radical (unpaired) electrons. The van der Waals surface area contributed by atoms with E-state index in [1.165, 1.54) is 11.5 Å². The zero-order valence-corrected chi connectivity index (χ0v) is 11.0. The molecule has 90 valence electrons. The van der Waals surface area contributed by atoms with E-state index in [4.69, 9.17) is 5.73 Å². The Bertz CT molecular complexity index is 342. The number of aryl methyl sites for hydroxylation is 1. The summed E-state index contributed by atoms with van der Waals surface area (Å²) in [6.45, 7) is 2.03. The van der Waals surface area contributed by atoms with Crippen LogP contribution in [-0.4, -0.2) is 34.1 Å². The summed E-state index contributed by atoms with van der Waals surface area (Å²) < 4.78 is 5.14. The molecule has 1 rings (SSSR count). The summed E-state index contributed by atoms with van der Waals surface area (Å²) in [7, 11) is 1.74. The first kappa shape index (κ1) is 13.4. The number of nitrogens with two attached hydrogens (primary N) is 1. The zero-order chi connectivity index (χ0) is 12.0. The van der Waals surface area contributed by atoms with Gasteiger partial charge in [-0.15, -0.1) is 0 Å². The molecule has 1 amide bonds. The highest BCUT2D eigenvalue weighted by Crippen LogP contribution is 2.21. The van der Waals surface area contributed by atoms with E-state index in [1.54, 1.807) is 18.8 Å². The van der Waals surface area contributed by atoms with Crippen LogP contribution in [0.5, 0.6) is 0 Å². The van der Waals surface area contributed by atoms with Crippen molar-refractivity contribution in [1.29, 1.82) is 0 Å².